The molecule has 0 N–H and O–H groups in total. The molecule has 0 saturated carbocycles. The Morgan fingerprint density at radius 1 is 1.07 bits per heavy atom. The van der Waals surface area contributed by atoms with Gasteiger partial charge in [-0.05, 0) is 12.1 Å². The van der Waals surface area contributed by atoms with Gasteiger partial charge in [0.25, 0.3) is 0 Å². The number of hydrogen-bond donors (Lipinski definition) is 0. The minimum Gasteiger partial charge on any atom is -0.493 e. The summed E-state index contributed by atoms with van der Waals surface area (Å²) in [6, 6.07) is 12.5. The van der Waals surface area contributed by atoms with Crippen molar-refractivity contribution >= 4 is 6.21 Å². The molecule has 3 aromatic rings. The summed E-state index contributed by atoms with van der Waals surface area (Å²) in [5.41, 5.74) is 1.40. The third-order valence-electron chi connectivity index (χ3n) is 3.58. The normalized spacial score (nSPS) is 11.1. The van der Waals surface area contributed by atoms with Crippen LogP contribution in [0.4, 0.5) is 8.78 Å². The van der Waals surface area contributed by atoms with Crippen molar-refractivity contribution in [1.29, 1.82) is 0 Å². The molecule has 0 bridgehead atoms. The quantitative estimate of drug-likeness (QED) is 0.593. The van der Waals surface area contributed by atoms with E-state index in [1.165, 1.54) is 43.6 Å². The Labute approximate surface area is 153 Å². The van der Waals surface area contributed by atoms with Crippen LogP contribution in [-0.4, -0.2) is 41.9 Å². The number of methoxy groups -OCH3 is 2. The van der Waals surface area contributed by atoms with Crippen molar-refractivity contribution in [3.8, 4) is 28.6 Å². The van der Waals surface area contributed by atoms with Crippen molar-refractivity contribution in [3.05, 3.63) is 54.4 Å². The van der Waals surface area contributed by atoms with Crippen LogP contribution in [0.5, 0.6) is 17.2 Å². The Morgan fingerprint density at radius 2 is 1.74 bits per heavy atom. The van der Waals surface area contributed by atoms with Crippen molar-refractivity contribution in [2.24, 2.45) is 5.10 Å². The summed E-state index contributed by atoms with van der Waals surface area (Å²) in [6.45, 7) is -3.00. The van der Waals surface area contributed by atoms with Gasteiger partial charge in [-0.2, -0.15) is 18.6 Å². The molecule has 0 aliphatic carbocycles. The van der Waals surface area contributed by atoms with E-state index in [1.807, 2.05) is 30.3 Å². The lowest BCUT2D eigenvalue weighted by Gasteiger charge is -2.14. The first-order chi connectivity index (χ1) is 13.1. The molecule has 0 spiro atoms. The Balaban J connectivity index is 1.94. The van der Waals surface area contributed by atoms with Crippen LogP contribution < -0.4 is 14.2 Å². The van der Waals surface area contributed by atoms with Crippen LogP contribution in [0.1, 0.15) is 5.56 Å². The summed E-state index contributed by atoms with van der Waals surface area (Å²) in [7, 11) is 2.70. The Morgan fingerprint density at radius 3 is 2.33 bits per heavy atom. The van der Waals surface area contributed by atoms with Gasteiger partial charge in [0.15, 0.2) is 17.3 Å². The molecule has 0 aliphatic rings. The number of aromatic nitrogens is 3. The number of benzene rings is 2. The molecule has 0 unspecified atom stereocenters. The average molecular weight is 374 g/mol. The fourth-order valence-corrected chi connectivity index (χ4v) is 2.40. The van der Waals surface area contributed by atoms with Gasteiger partial charge in [0.05, 0.1) is 20.4 Å². The summed E-state index contributed by atoms with van der Waals surface area (Å²) in [4.78, 5) is 0. The second-order valence-electron chi connectivity index (χ2n) is 5.24. The van der Waals surface area contributed by atoms with Crippen LogP contribution >= 0.6 is 0 Å². The average Bonchev–Trinajstić information content (AvgIpc) is 3.15. The molecule has 7 nitrogen and oxygen atoms in total. The van der Waals surface area contributed by atoms with Gasteiger partial charge in [0.1, 0.15) is 6.33 Å². The summed E-state index contributed by atoms with van der Waals surface area (Å²) in [5.74, 6) is 0.580. The highest BCUT2D eigenvalue weighted by molar-refractivity contribution is 5.82. The number of hydrogen-bond acceptors (Lipinski definition) is 6. The molecular formula is C18H16F2N4O3. The van der Waals surface area contributed by atoms with Crippen molar-refractivity contribution in [3.63, 3.8) is 0 Å². The van der Waals surface area contributed by atoms with Gasteiger partial charge in [-0.25, -0.2) is 0 Å². The van der Waals surface area contributed by atoms with Crippen LogP contribution in [0.2, 0.25) is 0 Å². The van der Waals surface area contributed by atoms with Crippen LogP contribution in [0.3, 0.4) is 0 Å². The smallest absolute Gasteiger partial charge is 0.387 e. The number of ether oxygens (including phenoxy) is 3. The van der Waals surface area contributed by atoms with Crippen LogP contribution in [0.25, 0.3) is 11.4 Å². The predicted octanol–water partition coefficient (Wildman–Crippen LogP) is 3.45. The fraction of sp³-hybridized carbons (Fsp3) is 0.167. The third-order valence-corrected chi connectivity index (χ3v) is 3.58. The highest BCUT2D eigenvalue weighted by Crippen LogP contribution is 2.39. The van der Waals surface area contributed by atoms with Crippen molar-refractivity contribution in [2.75, 3.05) is 14.2 Å². The first kappa shape index (κ1) is 18.3. The molecule has 27 heavy (non-hydrogen) atoms. The number of nitrogens with zero attached hydrogens (tertiary/aromatic N) is 4. The van der Waals surface area contributed by atoms with E-state index in [1.54, 1.807) is 0 Å². The maximum Gasteiger partial charge on any atom is 0.387 e. The molecule has 3 rings (SSSR count). The Bertz CT molecular complexity index is 904. The van der Waals surface area contributed by atoms with E-state index in [0.29, 0.717) is 11.4 Å². The van der Waals surface area contributed by atoms with E-state index in [0.717, 1.165) is 5.56 Å². The molecule has 9 heteroatoms. The molecule has 2 aromatic carbocycles. The second-order valence-corrected chi connectivity index (χ2v) is 5.24. The Kier molecular flexibility index (Phi) is 5.60. The number of alkyl halides is 2. The monoisotopic (exact) mass is 374 g/mol. The molecular weight excluding hydrogens is 358 g/mol. The van der Waals surface area contributed by atoms with E-state index < -0.39 is 6.61 Å². The van der Waals surface area contributed by atoms with E-state index >= 15 is 0 Å². The van der Waals surface area contributed by atoms with Crippen molar-refractivity contribution in [1.82, 2.24) is 14.9 Å². The van der Waals surface area contributed by atoms with Crippen LogP contribution in [0.15, 0.2) is 53.9 Å². The maximum atomic E-state index is 12.6. The zero-order valence-electron chi connectivity index (χ0n) is 14.5. The number of halogens is 2. The summed E-state index contributed by atoms with van der Waals surface area (Å²) < 4.78 is 41.5. The van der Waals surface area contributed by atoms with Gasteiger partial charge in [-0.1, -0.05) is 30.3 Å². The van der Waals surface area contributed by atoms with Crippen molar-refractivity contribution < 1.29 is 23.0 Å². The molecule has 1 aromatic heterocycles. The van der Waals surface area contributed by atoms with E-state index in [9.17, 15) is 8.78 Å². The topological polar surface area (TPSA) is 70.8 Å². The zero-order chi connectivity index (χ0) is 19.2. The lowest BCUT2D eigenvalue weighted by Crippen LogP contribution is -2.06. The fourth-order valence-electron chi connectivity index (χ4n) is 2.40. The molecule has 0 aliphatic heterocycles. The molecule has 0 amide bonds. The molecule has 0 radical (unpaired) electrons. The van der Waals surface area contributed by atoms with E-state index in [4.69, 9.17) is 9.47 Å². The van der Waals surface area contributed by atoms with Gasteiger partial charge < -0.3 is 14.2 Å². The minimum atomic E-state index is -3.00. The Hall–Kier alpha value is -3.49. The highest BCUT2D eigenvalue weighted by Gasteiger charge is 2.17. The first-order valence-corrected chi connectivity index (χ1v) is 7.83. The molecule has 1 heterocycles. The van der Waals surface area contributed by atoms with E-state index in [2.05, 4.69) is 20.0 Å². The summed E-state index contributed by atoms with van der Waals surface area (Å²) in [6.07, 6.45) is 2.97. The SMILES string of the molecule is COc1cc(/C=N\n2cnnc2-c2ccccc2)cc(OC)c1OC(F)F. The first-order valence-electron chi connectivity index (χ1n) is 7.83. The minimum absolute atomic E-state index is 0.100. The largest absolute Gasteiger partial charge is 0.493 e. The molecule has 140 valence electrons. The molecule has 0 fully saturated rings. The zero-order valence-corrected chi connectivity index (χ0v) is 14.5. The lowest BCUT2D eigenvalue weighted by atomic mass is 10.2. The van der Waals surface area contributed by atoms with Gasteiger partial charge in [0, 0.05) is 11.1 Å². The second kappa shape index (κ2) is 8.26. The van der Waals surface area contributed by atoms with Crippen molar-refractivity contribution in [2.45, 2.75) is 6.61 Å². The standard InChI is InChI=1S/C18H16F2N4O3/c1-25-14-8-12(9-15(26-2)16(14)27-18(19)20)10-22-24-11-21-23-17(24)13-6-4-3-5-7-13/h3-11,18H,1-2H3/b22-10-. The lowest BCUT2D eigenvalue weighted by molar-refractivity contribution is -0.0526. The van der Waals surface area contributed by atoms with Gasteiger partial charge in [-0.15, -0.1) is 10.2 Å². The summed E-state index contributed by atoms with van der Waals surface area (Å²) in [5, 5.41) is 12.3. The predicted molar refractivity (Wildman–Crippen MR) is 94.6 cm³/mol. The van der Waals surface area contributed by atoms with Gasteiger partial charge >= 0.3 is 6.61 Å². The van der Waals surface area contributed by atoms with Gasteiger partial charge in [0.2, 0.25) is 5.75 Å². The number of rotatable bonds is 7. The van der Waals surface area contributed by atoms with Crippen LogP contribution in [-0.2, 0) is 0 Å². The maximum absolute atomic E-state index is 12.6. The molecule has 0 atom stereocenters. The third kappa shape index (κ3) is 4.20. The highest BCUT2D eigenvalue weighted by atomic mass is 19.3. The van der Waals surface area contributed by atoms with Crippen LogP contribution in [0, 0.1) is 0 Å². The van der Waals surface area contributed by atoms with Gasteiger partial charge in [-0.3, -0.25) is 0 Å². The summed E-state index contributed by atoms with van der Waals surface area (Å²) >= 11 is 0. The molecule has 0 saturated heterocycles. The van der Waals surface area contributed by atoms with E-state index in [-0.39, 0.29) is 17.2 Å².